The molecule has 0 spiro atoms. The van der Waals surface area contributed by atoms with Crippen molar-refractivity contribution in [2.24, 2.45) is 0 Å². The number of esters is 1. The van der Waals surface area contributed by atoms with E-state index in [1.165, 1.54) is 13.0 Å². The van der Waals surface area contributed by atoms with Gasteiger partial charge in [-0.2, -0.15) is 5.26 Å². The molecule has 1 aromatic rings. The Bertz CT molecular complexity index is 584. The van der Waals surface area contributed by atoms with Crippen LogP contribution in [0.3, 0.4) is 0 Å². The van der Waals surface area contributed by atoms with E-state index in [-0.39, 0.29) is 6.61 Å². The molecule has 0 bridgehead atoms. The van der Waals surface area contributed by atoms with Crippen LogP contribution in [-0.4, -0.2) is 22.5 Å². The number of hydrogen-bond donors (Lipinski definition) is 0. The number of nitriles is 1. The van der Waals surface area contributed by atoms with E-state index in [9.17, 15) is 23.7 Å². The molecule has 0 aliphatic carbocycles. The first-order valence-electron chi connectivity index (χ1n) is 5.42. The number of halogens is 2. The van der Waals surface area contributed by atoms with Gasteiger partial charge in [0.05, 0.1) is 23.6 Å². The van der Waals surface area contributed by atoms with Crippen molar-refractivity contribution in [1.29, 1.82) is 5.26 Å². The van der Waals surface area contributed by atoms with Crippen LogP contribution in [0.15, 0.2) is 6.07 Å². The standard InChI is InChI=1S/C11H9F2N3O4/c1-2-20-10(17)4-7-6(11(12)13)3-9(16(18)19)8(5-14)15-7/h3,11H,2,4H2,1H3. The summed E-state index contributed by atoms with van der Waals surface area (Å²) in [5, 5.41) is 19.4. The molecule has 0 unspecified atom stereocenters. The minimum atomic E-state index is -3.06. The van der Waals surface area contributed by atoms with Gasteiger partial charge in [0.25, 0.3) is 6.43 Å². The van der Waals surface area contributed by atoms with Crippen LogP contribution >= 0.6 is 0 Å². The Morgan fingerprint density at radius 3 is 2.75 bits per heavy atom. The third-order valence-corrected chi connectivity index (χ3v) is 2.27. The minimum Gasteiger partial charge on any atom is -0.466 e. The van der Waals surface area contributed by atoms with Crippen LogP contribution in [0.4, 0.5) is 14.5 Å². The molecule has 1 heterocycles. The van der Waals surface area contributed by atoms with E-state index in [1.54, 1.807) is 0 Å². The van der Waals surface area contributed by atoms with Crippen LogP contribution in [0.25, 0.3) is 0 Å². The molecular formula is C11H9F2N3O4. The van der Waals surface area contributed by atoms with Gasteiger partial charge < -0.3 is 4.74 Å². The summed E-state index contributed by atoms with van der Waals surface area (Å²) in [4.78, 5) is 24.4. The fourth-order valence-corrected chi connectivity index (χ4v) is 1.46. The number of alkyl halides is 2. The molecule has 106 valence electrons. The monoisotopic (exact) mass is 285 g/mol. The van der Waals surface area contributed by atoms with Gasteiger partial charge in [-0.1, -0.05) is 0 Å². The SMILES string of the molecule is CCOC(=O)Cc1nc(C#N)c([N+](=O)[O-])cc1C(F)F. The molecule has 0 amide bonds. The van der Waals surface area contributed by atoms with Crippen molar-refractivity contribution in [3.8, 4) is 6.07 Å². The van der Waals surface area contributed by atoms with E-state index in [1.807, 2.05) is 0 Å². The lowest BCUT2D eigenvalue weighted by atomic mass is 10.1. The van der Waals surface area contributed by atoms with E-state index in [0.29, 0.717) is 6.07 Å². The number of rotatable bonds is 5. The van der Waals surface area contributed by atoms with Crippen LogP contribution in [0.5, 0.6) is 0 Å². The largest absolute Gasteiger partial charge is 0.466 e. The fourth-order valence-electron chi connectivity index (χ4n) is 1.46. The quantitative estimate of drug-likeness (QED) is 0.464. The lowest BCUT2D eigenvalue weighted by Gasteiger charge is -2.08. The Balaban J connectivity index is 3.32. The predicted molar refractivity (Wildman–Crippen MR) is 60.9 cm³/mol. The normalized spacial score (nSPS) is 10.2. The van der Waals surface area contributed by atoms with Gasteiger partial charge in [0.15, 0.2) is 0 Å². The van der Waals surface area contributed by atoms with Crippen LogP contribution in [0, 0.1) is 21.4 Å². The number of aromatic nitrogens is 1. The molecule has 0 radical (unpaired) electrons. The Morgan fingerprint density at radius 2 is 2.30 bits per heavy atom. The maximum absolute atomic E-state index is 12.8. The summed E-state index contributed by atoms with van der Waals surface area (Å²) in [5.74, 6) is -0.806. The van der Waals surface area contributed by atoms with Gasteiger partial charge >= 0.3 is 11.7 Å². The lowest BCUT2D eigenvalue weighted by molar-refractivity contribution is -0.385. The highest BCUT2D eigenvalue weighted by atomic mass is 19.3. The molecule has 7 nitrogen and oxygen atoms in total. The first kappa shape index (κ1) is 15.4. The molecule has 0 N–H and O–H groups in total. The molecule has 0 fully saturated rings. The number of hydrogen-bond acceptors (Lipinski definition) is 6. The maximum atomic E-state index is 12.8. The van der Waals surface area contributed by atoms with E-state index < -0.39 is 46.4 Å². The van der Waals surface area contributed by atoms with Gasteiger partial charge in [0, 0.05) is 11.6 Å². The van der Waals surface area contributed by atoms with E-state index in [4.69, 9.17) is 5.26 Å². The molecule has 9 heteroatoms. The van der Waals surface area contributed by atoms with Gasteiger partial charge in [-0.3, -0.25) is 14.9 Å². The summed E-state index contributed by atoms with van der Waals surface area (Å²) in [6.45, 7) is 1.59. The zero-order valence-corrected chi connectivity index (χ0v) is 10.3. The van der Waals surface area contributed by atoms with Crippen molar-refractivity contribution in [2.75, 3.05) is 6.61 Å². The minimum absolute atomic E-state index is 0.0565. The molecule has 0 aromatic carbocycles. The molecule has 1 aromatic heterocycles. The Hall–Kier alpha value is -2.63. The van der Waals surface area contributed by atoms with Crippen molar-refractivity contribution in [2.45, 2.75) is 19.8 Å². The third-order valence-electron chi connectivity index (χ3n) is 2.27. The molecule has 0 aliphatic heterocycles. The molecule has 1 rings (SSSR count). The summed E-state index contributed by atoms with van der Waals surface area (Å²) in [7, 11) is 0. The first-order chi connectivity index (χ1) is 9.40. The molecule has 20 heavy (non-hydrogen) atoms. The Morgan fingerprint density at radius 1 is 1.65 bits per heavy atom. The summed E-state index contributed by atoms with van der Waals surface area (Å²) >= 11 is 0. The number of carbonyl (C=O) groups excluding carboxylic acids is 1. The highest BCUT2D eigenvalue weighted by Gasteiger charge is 2.25. The molecule has 0 atom stereocenters. The predicted octanol–water partition coefficient (Wildman–Crippen LogP) is 1.90. The van der Waals surface area contributed by atoms with Gasteiger partial charge in [-0.25, -0.2) is 13.8 Å². The number of pyridine rings is 1. The molecule has 0 aliphatic rings. The second kappa shape index (κ2) is 6.51. The first-order valence-corrected chi connectivity index (χ1v) is 5.42. The van der Waals surface area contributed by atoms with Crippen LogP contribution in [-0.2, 0) is 16.0 Å². The van der Waals surface area contributed by atoms with Crippen molar-refractivity contribution in [3.05, 3.63) is 33.1 Å². The summed E-state index contributed by atoms with van der Waals surface area (Å²) in [6.07, 6.45) is -3.64. The number of nitrogens with zero attached hydrogens (tertiary/aromatic N) is 3. The fraction of sp³-hybridized carbons (Fsp3) is 0.364. The maximum Gasteiger partial charge on any atom is 0.311 e. The van der Waals surface area contributed by atoms with Crippen molar-refractivity contribution in [3.63, 3.8) is 0 Å². The van der Waals surface area contributed by atoms with Gasteiger partial charge in [-0.15, -0.1) is 0 Å². The summed E-state index contributed by atoms with van der Waals surface area (Å²) < 4.78 is 30.3. The molecule has 0 saturated heterocycles. The lowest BCUT2D eigenvalue weighted by Crippen LogP contribution is -2.12. The number of nitro groups is 1. The second-order valence-corrected chi connectivity index (χ2v) is 3.54. The smallest absolute Gasteiger partial charge is 0.311 e. The summed E-state index contributed by atoms with van der Waals surface area (Å²) in [5.41, 5.74) is -2.61. The van der Waals surface area contributed by atoms with E-state index in [2.05, 4.69) is 9.72 Å². The van der Waals surface area contributed by atoms with Gasteiger partial charge in [0.2, 0.25) is 5.69 Å². The van der Waals surface area contributed by atoms with Gasteiger partial charge in [0.1, 0.15) is 6.07 Å². The van der Waals surface area contributed by atoms with Crippen LogP contribution < -0.4 is 0 Å². The zero-order chi connectivity index (χ0) is 15.3. The average Bonchev–Trinajstić information content (AvgIpc) is 2.37. The van der Waals surface area contributed by atoms with Gasteiger partial charge in [-0.05, 0) is 6.92 Å². The topological polar surface area (TPSA) is 106 Å². The number of carbonyl (C=O) groups is 1. The van der Waals surface area contributed by atoms with Crippen molar-refractivity contribution < 1.29 is 23.2 Å². The van der Waals surface area contributed by atoms with Crippen LogP contribution in [0.2, 0.25) is 0 Å². The zero-order valence-electron chi connectivity index (χ0n) is 10.3. The Kier molecular flexibility index (Phi) is 5.02. The molecule has 0 saturated carbocycles. The number of ether oxygens (including phenoxy) is 1. The van der Waals surface area contributed by atoms with Crippen LogP contribution in [0.1, 0.15) is 30.3 Å². The van der Waals surface area contributed by atoms with Crippen molar-refractivity contribution >= 4 is 11.7 Å². The Labute approximate surface area is 111 Å². The van der Waals surface area contributed by atoms with E-state index >= 15 is 0 Å². The van der Waals surface area contributed by atoms with E-state index in [0.717, 1.165) is 0 Å². The highest BCUT2D eigenvalue weighted by molar-refractivity contribution is 5.72. The molecular weight excluding hydrogens is 276 g/mol. The highest BCUT2D eigenvalue weighted by Crippen LogP contribution is 2.28. The average molecular weight is 285 g/mol. The second-order valence-electron chi connectivity index (χ2n) is 3.54. The third kappa shape index (κ3) is 3.44. The summed E-state index contributed by atoms with van der Waals surface area (Å²) in [6, 6.07) is 2.00. The van der Waals surface area contributed by atoms with Crippen molar-refractivity contribution in [1.82, 2.24) is 4.98 Å².